The average Bonchev–Trinajstić information content (AvgIpc) is 3.20. The average molecular weight is 427 g/mol. The first-order chi connectivity index (χ1) is 11.8. The predicted octanol–water partition coefficient (Wildman–Crippen LogP) is 6.17. The van der Waals surface area contributed by atoms with Crippen LogP contribution < -0.4 is 0 Å². The number of nitrogens with zero attached hydrogens (tertiary/aromatic N) is 2. The van der Waals surface area contributed by atoms with E-state index in [1.54, 1.807) is 12.1 Å². The van der Waals surface area contributed by atoms with Crippen LogP contribution >= 0.6 is 0 Å². The van der Waals surface area contributed by atoms with Crippen LogP contribution in [0.5, 0.6) is 0 Å². The van der Waals surface area contributed by atoms with Gasteiger partial charge < -0.3 is 16.3 Å². The van der Waals surface area contributed by atoms with Gasteiger partial charge in [-0.1, -0.05) is 33.8 Å². The van der Waals surface area contributed by atoms with Gasteiger partial charge in [0, 0.05) is 38.3 Å². The van der Waals surface area contributed by atoms with Gasteiger partial charge in [-0.3, -0.25) is 4.98 Å². The van der Waals surface area contributed by atoms with E-state index >= 15 is 0 Å². The first kappa shape index (κ1) is 24.5. The molecular weight excluding hydrogens is 401 g/mol. The first-order valence-electron chi connectivity index (χ1n) is 8.39. The Labute approximate surface area is 181 Å². The third kappa shape index (κ3) is 5.75. The molecule has 2 aromatic heterocycles. The normalized spacial score (nSPS) is 9.27. The molecule has 4 nitrogen and oxygen atoms in total. The Morgan fingerprint density at radius 3 is 2.08 bits per heavy atom. The molecule has 0 spiro atoms. The number of aryl methyl sites for hydroxylation is 1. The molecule has 0 aliphatic heterocycles. The van der Waals surface area contributed by atoms with Gasteiger partial charge in [-0.2, -0.15) is 12.1 Å². The summed E-state index contributed by atoms with van der Waals surface area (Å²) in [5.74, 6) is 1.21. The van der Waals surface area contributed by atoms with E-state index in [-0.39, 0.29) is 40.1 Å². The minimum absolute atomic E-state index is 0. The molecule has 26 heavy (non-hydrogen) atoms. The second-order valence-corrected chi connectivity index (χ2v) is 4.76. The van der Waals surface area contributed by atoms with Crippen LogP contribution in [0.15, 0.2) is 45.2 Å². The van der Waals surface area contributed by atoms with Crippen molar-refractivity contribution in [2.75, 3.05) is 0 Å². The van der Waals surface area contributed by atoms with Crippen LogP contribution in [-0.2, 0) is 39.1 Å². The predicted molar refractivity (Wildman–Crippen MR) is 104 cm³/mol. The fraction of sp³-hybridized carbons (Fsp3) is 0.286. The fourth-order valence-electron chi connectivity index (χ4n) is 2.23. The van der Waals surface area contributed by atoms with E-state index < -0.39 is 0 Å². The molecule has 0 aliphatic rings. The van der Waals surface area contributed by atoms with Gasteiger partial charge in [0.1, 0.15) is 5.52 Å². The Bertz CT molecular complexity index is 880. The fourth-order valence-corrected chi connectivity index (χ4v) is 2.23. The van der Waals surface area contributed by atoms with E-state index in [9.17, 15) is 0 Å². The summed E-state index contributed by atoms with van der Waals surface area (Å²) in [5.41, 5.74) is 4.37. The molecule has 4 aromatic rings. The van der Waals surface area contributed by atoms with E-state index in [0.29, 0.717) is 18.2 Å². The van der Waals surface area contributed by atoms with Gasteiger partial charge in [-0.05, 0) is 30.1 Å². The SMILES string of the molecule is CC.CC.Cc1ccc2oc(Cc3nc4c[c-]ccc4o3)nc2c1.[CH3-].[Y]. The summed E-state index contributed by atoms with van der Waals surface area (Å²) >= 11 is 0. The molecule has 137 valence electrons. The Hall–Kier alpha value is -1.52. The monoisotopic (exact) mass is 427 g/mol. The molecule has 0 unspecified atom stereocenters. The number of hydrogen-bond acceptors (Lipinski definition) is 4. The van der Waals surface area contributed by atoms with Crippen molar-refractivity contribution in [3.05, 3.63) is 67.2 Å². The summed E-state index contributed by atoms with van der Waals surface area (Å²) in [6, 6.07) is 14.4. The van der Waals surface area contributed by atoms with Crippen LogP contribution in [0.25, 0.3) is 22.2 Å². The topological polar surface area (TPSA) is 52.1 Å². The van der Waals surface area contributed by atoms with E-state index in [0.717, 1.165) is 27.8 Å². The summed E-state index contributed by atoms with van der Waals surface area (Å²) in [6.07, 6.45) is 0.447. The number of rotatable bonds is 2. The maximum Gasteiger partial charge on any atom is 0.204 e. The van der Waals surface area contributed by atoms with Crippen molar-refractivity contribution in [2.24, 2.45) is 0 Å². The van der Waals surface area contributed by atoms with Gasteiger partial charge in [0.15, 0.2) is 11.5 Å². The summed E-state index contributed by atoms with van der Waals surface area (Å²) in [5, 5.41) is 0. The Morgan fingerprint density at radius 1 is 0.885 bits per heavy atom. The first-order valence-corrected chi connectivity index (χ1v) is 8.39. The molecule has 0 bridgehead atoms. The maximum absolute atomic E-state index is 5.70. The Morgan fingerprint density at radius 2 is 1.46 bits per heavy atom. The Balaban J connectivity index is 0.000000979. The summed E-state index contributed by atoms with van der Waals surface area (Å²) in [7, 11) is 0. The van der Waals surface area contributed by atoms with Gasteiger partial charge in [0.2, 0.25) is 5.89 Å². The van der Waals surface area contributed by atoms with Crippen molar-refractivity contribution >= 4 is 22.2 Å². The van der Waals surface area contributed by atoms with Crippen LogP contribution in [-0.4, -0.2) is 9.97 Å². The van der Waals surface area contributed by atoms with Crippen LogP contribution in [0, 0.1) is 20.4 Å². The van der Waals surface area contributed by atoms with Gasteiger partial charge in [-0.25, -0.2) is 4.98 Å². The molecule has 0 fully saturated rings. The molecule has 0 aliphatic carbocycles. The smallest absolute Gasteiger partial charge is 0.204 e. The number of benzene rings is 2. The standard InChI is InChI=1S/C16H11N2O2.2C2H6.CH3.Y/c1-10-6-7-14-12(8-10)18-16(20-14)9-15-17-11-4-2-3-5-13(11)19-15;2*1-2;;/h3-8H,9H2,1H3;2*1-2H3;1H3;/q-1;;;-1;. The van der Waals surface area contributed by atoms with Gasteiger partial charge >= 0.3 is 0 Å². The van der Waals surface area contributed by atoms with E-state index in [4.69, 9.17) is 8.83 Å². The minimum atomic E-state index is 0. The second kappa shape index (κ2) is 12.0. The van der Waals surface area contributed by atoms with E-state index in [1.807, 2.05) is 58.9 Å². The van der Waals surface area contributed by atoms with Crippen LogP contribution in [0.4, 0.5) is 0 Å². The third-order valence-electron chi connectivity index (χ3n) is 3.17. The van der Waals surface area contributed by atoms with Crippen LogP contribution in [0.2, 0.25) is 0 Å². The molecule has 0 amide bonds. The van der Waals surface area contributed by atoms with Gasteiger partial charge in [0.25, 0.3) is 0 Å². The molecule has 0 saturated heterocycles. The molecule has 0 N–H and O–H groups in total. The zero-order chi connectivity index (χ0) is 17.5. The van der Waals surface area contributed by atoms with Crippen molar-refractivity contribution in [3.63, 3.8) is 0 Å². The number of hydrogen-bond donors (Lipinski definition) is 0. The van der Waals surface area contributed by atoms with Crippen molar-refractivity contribution in [2.45, 2.75) is 41.0 Å². The second-order valence-electron chi connectivity index (χ2n) is 4.76. The zero-order valence-electron chi connectivity index (χ0n) is 16.5. The molecule has 2 heterocycles. The van der Waals surface area contributed by atoms with Crippen LogP contribution in [0.1, 0.15) is 45.0 Å². The molecule has 1 radical (unpaired) electrons. The van der Waals surface area contributed by atoms with Gasteiger partial charge in [-0.15, -0.1) is 12.1 Å². The summed E-state index contributed by atoms with van der Waals surface area (Å²) in [6.45, 7) is 10.0. The quantitative estimate of drug-likeness (QED) is 0.359. The van der Waals surface area contributed by atoms with E-state index in [2.05, 4.69) is 16.0 Å². The number of fused-ring (bicyclic) bond motifs is 2. The minimum Gasteiger partial charge on any atom is -0.467 e. The molecule has 4 rings (SSSR count). The van der Waals surface area contributed by atoms with Crippen molar-refractivity contribution in [1.82, 2.24) is 9.97 Å². The zero-order valence-corrected chi connectivity index (χ0v) is 19.3. The molecule has 2 aromatic carbocycles. The summed E-state index contributed by atoms with van der Waals surface area (Å²) < 4.78 is 11.4. The maximum atomic E-state index is 5.70. The third-order valence-corrected chi connectivity index (χ3v) is 3.17. The summed E-state index contributed by atoms with van der Waals surface area (Å²) in [4.78, 5) is 8.86. The Kier molecular flexibility index (Phi) is 11.3. The number of aromatic nitrogens is 2. The van der Waals surface area contributed by atoms with E-state index in [1.165, 1.54) is 0 Å². The molecule has 5 heteroatoms. The van der Waals surface area contributed by atoms with Crippen molar-refractivity contribution < 1.29 is 41.5 Å². The number of oxazole rings is 2. The molecule has 0 atom stereocenters. The van der Waals surface area contributed by atoms with Gasteiger partial charge in [0.05, 0.1) is 6.42 Å². The van der Waals surface area contributed by atoms with Crippen molar-refractivity contribution in [3.8, 4) is 0 Å². The largest absolute Gasteiger partial charge is 0.467 e. The van der Waals surface area contributed by atoms with Crippen LogP contribution in [0.3, 0.4) is 0 Å². The molecule has 0 saturated carbocycles. The molecular formula is C21H26N2O2Y-2. The van der Waals surface area contributed by atoms with Crippen molar-refractivity contribution in [1.29, 1.82) is 0 Å².